The van der Waals surface area contributed by atoms with Gasteiger partial charge in [-0.1, -0.05) is 28.1 Å². The zero-order valence-corrected chi connectivity index (χ0v) is 12.8. The van der Waals surface area contributed by atoms with Crippen molar-refractivity contribution in [1.82, 2.24) is 4.90 Å². The van der Waals surface area contributed by atoms with Crippen molar-refractivity contribution in [2.24, 2.45) is 0 Å². The summed E-state index contributed by atoms with van der Waals surface area (Å²) >= 11 is 3.42. The summed E-state index contributed by atoms with van der Waals surface area (Å²) in [5.41, 5.74) is 1.03. The van der Waals surface area contributed by atoms with Gasteiger partial charge < -0.3 is 10.0 Å². The number of benzene rings is 1. The van der Waals surface area contributed by atoms with E-state index in [1.807, 2.05) is 29.2 Å². The molecule has 0 aromatic heterocycles. The molecule has 19 heavy (non-hydrogen) atoms. The van der Waals surface area contributed by atoms with E-state index in [1.54, 1.807) is 6.92 Å². The number of rotatable bonds is 4. The first kappa shape index (κ1) is 14.5. The van der Waals surface area contributed by atoms with E-state index in [1.165, 1.54) is 0 Å². The Morgan fingerprint density at radius 2 is 2.37 bits per heavy atom. The molecule has 4 heteroatoms. The molecule has 2 atom stereocenters. The molecule has 1 aromatic carbocycles. The Morgan fingerprint density at radius 1 is 1.58 bits per heavy atom. The van der Waals surface area contributed by atoms with Gasteiger partial charge in [0.25, 0.3) is 0 Å². The van der Waals surface area contributed by atoms with Gasteiger partial charge in [0.15, 0.2) is 0 Å². The van der Waals surface area contributed by atoms with Gasteiger partial charge in [-0.3, -0.25) is 4.79 Å². The molecule has 0 bridgehead atoms. The second kappa shape index (κ2) is 6.53. The molecule has 104 valence electrons. The maximum atomic E-state index is 12.3. The highest BCUT2D eigenvalue weighted by molar-refractivity contribution is 9.10. The molecule has 1 heterocycles. The largest absolute Gasteiger partial charge is 0.393 e. The number of nitrogens with zero attached hydrogens (tertiary/aromatic N) is 1. The van der Waals surface area contributed by atoms with Crippen molar-refractivity contribution in [1.29, 1.82) is 0 Å². The summed E-state index contributed by atoms with van der Waals surface area (Å²) in [4.78, 5) is 14.3. The highest BCUT2D eigenvalue weighted by atomic mass is 79.9. The van der Waals surface area contributed by atoms with Crippen LogP contribution >= 0.6 is 15.9 Å². The molecular weight excluding hydrogens is 306 g/mol. The number of hydrogen-bond acceptors (Lipinski definition) is 2. The van der Waals surface area contributed by atoms with Gasteiger partial charge >= 0.3 is 0 Å². The van der Waals surface area contributed by atoms with E-state index in [2.05, 4.69) is 15.9 Å². The molecule has 1 aromatic rings. The Hall–Kier alpha value is -0.870. The van der Waals surface area contributed by atoms with E-state index >= 15 is 0 Å². The van der Waals surface area contributed by atoms with Crippen LogP contribution in [-0.4, -0.2) is 34.6 Å². The van der Waals surface area contributed by atoms with Crippen LogP contribution in [0.4, 0.5) is 0 Å². The predicted octanol–water partition coefficient (Wildman–Crippen LogP) is 2.75. The SMILES string of the molecule is CC(O)CC1CCCN1C(=O)Cc1cccc(Br)c1. The number of carbonyl (C=O) groups excluding carboxylic acids is 1. The Morgan fingerprint density at radius 3 is 3.05 bits per heavy atom. The number of aliphatic hydroxyl groups is 1. The van der Waals surface area contributed by atoms with Gasteiger partial charge in [0.2, 0.25) is 5.91 Å². The van der Waals surface area contributed by atoms with Crippen molar-refractivity contribution >= 4 is 21.8 Å². The molecule has 1 fully saturated rings. The van der Waals surface area contributed by atoms with E-state index in [0.717, 1.165) is 29.4 Å². The Bertz CT molecular complexity index is 448. The summed E-state index contributed by atoms with van der Waals surface area (Å²) in [5, 5.41) is 9.49. The van der Waals surface area contributed by atoms with Crippen molar-refractivity contribution in [2.75, 3.05) is 6.54 Å². The van der Waals surface area contributed by atoms with Crippen LogP contribution in [0.15, 0.2) is 28.7 Å². The molecule has 1 N–H and O–H groups in total. The van der Waals surface area contributed by atoms with Crippen molar-refractivity contribution in [3.05, 3.63) is 34.3 Å². The fourth-order valence-electron chi connectivity index (χ4n) is 2.73. The molecule has 0 aliphatic carbocycles. The van der Waals surface area contributed by atoms with E-state index in [0.29, 0.717) is 12.8 Å². The Kier molecular flexibility index (Phi) is 4.99. The summed E-state index contributed by atoms with van der Waals surface area (Å²) in [7, 11) is 0. The average molecular weight is 326 g/mol. The van der Waals surface area contributed by atoms with Crippen LogP contribution in [0.5, 0.6) is 0 Å². The topological polar surface area (TPSA) is 40.5 Å². The quantitative estimate of drug-likeness (QED) is 0.924. The molecule has 1 saturated heterocycles. The molecule has 0 saturated carbocycles. The van der Waals surface area contributed by atoms with Crippen LogP contribution < -0.4 is 0 Å². The molecule has 0 spiro atoms. The summed E-state index contributed by atoms with van der Waals surface area (Å²) < 4.78 is 1.000. The maximum absolute atomic E-state index is 12.3. The minimum absolute atomic E-state index is 0.168. The Labute approximate surface area is 122 Å². The van der Waals surface area contributed by atoms with E-state index in [-0.39, 0.29) is 18.1 Å². The van der Waals surface area contributed by atoms with E-state index in [9.17, 15) is 9.90 Å². The third-order valence-corrected chi connectivity index (χ3v) is 4.05. The maximum Gasteiger partial charge on any atom is 0.227 e. The zero-order chi connectivity index (χ0) is 13.8. The van der Waals surface area contributed by atoms with Crippen LogP contribution in [0.1, 0.15) is 31.7 Å². The first-order chi connectivity index (χ1) is 9.06. The van der Waals surface area contributed by atoms with E-state index < -0.39 is 0 Å². The second-order valence-corrected chi connectivity index (χ2v) is 6.19. The van der Waals surface area contributed by atoms with Crippen molar-refractivity contribution < 1.29 is 9.90 Å². The fraction of sp³-hybridized carbons (Fsp3) is 0.533. The average Bonchev–Trinajstić information content (AvgIpc) is 2.76. The van der Waals surface area contributed by atoms with Crippen LogP contribution in [-0.2, 0) is 11.2 Å². The summed E-state index contributed by atoms with van der Waals surface area (Å²) in [6.45, 7) is 2.61. The van der Waals surface area contributed by atoms with Crippen molar-refractivity contribution in [3.8, 4) is 0 Å². The molecule has 2 rings (SSSR count). The number of amides is 1. The Balaban J connectivity index is 1.99. The highest BCUT2D eigenvalue weighted by Crippen LogP contribution is 2.23. The number of hydrogen-bond donors (Lipinski definition) is 1. The zero-order valence-electron chi connectivity index (χ0n) is 11.2. The lowest BCUT2D eigenvalue weighted by atomic mass is 10.1. The van der Waals surface area contributed by atoms with Crippen molar-refractivity contribution in [3.63, 3.8) is 0 Å². The molecule has 2 unspecified atom stereocenters. The van der Waals surface area contributed by atoms with Crippen LogP contribution in [0.2, 0.25) is 0 Å². The summed E-state index contributed by atoms with van der Waals surface area (Å²) in [5.74, 6) is 0.168. The first-order valence-electron chi connectivity index (χ1n) is 6.78. The van der Waals surface area contributed by atoms with Gasteiger partial charge in [-0.25, -0.2) is 0 Å². The highest BCUT2D eigenvalue weighted by Gasteiger charge is 2.29. The third-order valence-electron chi connectivity index (χ3n) is 3.56. The molecule has 1 aliphatic rings. The number of halogens is 1. The first-order valence-corrected chi connectivity index (χ1v) is 7.57. The molecular formula is C15H20BrNO2. The standard InChI is InChI=1S/C15H20BrNO2/c1-11(18)8-14-6-3-7-17(14)15(19)10-12-4-2-5-13(16)9-12/h2,4-5,9,11,14,18H,3,6-8,10H2,1H3. The monoisotopic (exact) mass is 325 g/mol. The molecule has 1 aliphatic heterocycles. The van der Waals surface area contributed by atoms with Gasteiger partial charge in [0, 0.05) is 17.1 Å². The number of likely N-dealkylation sites (tertiary alicyclic amines) is 1. The minimum Gasteiger partial charge on any atom is -0.393 e. The van der Waals surface area contributed by atoms with Crippen LogP contribution in [0, 0.1) is 0 Å². The van der Waals surface area contributed by atoms with Crippen LogP contribution in [0.25, 0.3) is 0 Å². The smallest absolute Gasteiger partial charge is 0.227 e. The van der Waals surface area contributed by atoms with Crippen LogP contribution in [0.3, 0.4) is 0 Å². The van der Waals surface area contributed by atoms with E-state index in [4.69, 9.17) is 0 Å². The van der Waals surface area contributed by atoms with Gasteiger partial charge in [-0.05, 0) is 43.9 Å². The lowest BCUT2D eigenvalue weighted by molar-refractivity contribution is -0.131. The normalized spacial score (nSPS) is 20.6. The summed E-state index contributed by atoms with van der Waals surface area (Å²) in [6.07, 6.45) is 2.83. The lowest BCUT2D eigenvalue weighted by Gasteiger charge is -2.25. The number of carbonyl (C=O) groups is 1. The third kappa shape index (κ3) is 4.05. The fourth-order valence-corrected chi connectivity index (χ4v) is 3.17. The van der Waals surface area contributed by atoms with Gasteiger partial charge in [-0.15, -0.1) is 0 Å². The number of aliphatic hydroxyl groups excluding tert-OH is 1. The molecule has 3 nitrogen and oxygen atoms in total. The van der Waals surface area contributed by atoms with Gasteiger partial charge in [0.1, 0.15) is 0 Å². The molecule has 0 radical (unpaired) electrons. The predicted molar refractivity (Wildman–Crippen MR) is 78.9 cm³/mol. The van der Waals surface area contributed by atoms with Crippen molar-refractivity contribution in [2.45, 2.75) is 44.8 Å². The molecule has 1 amide bonds. The lowest BCUT2D eigenvalue weighted by Crippen LogP contribution is -2.38. The minimum atomic E-state index is -0.343. The second-order valence-electron chi connectivity index (χ2n) is 5.27. The summed E-state index contributed by atoms with van der Waals surface area (Å²) in [6, 6.07) is 8.07. The van der Waals surface area contributed by atoms with Gasteiger partial charge in [-0.2, -0.15) is 0 Å². The van der Waals surface area contributed by atoms with Gasteiger partial charge in [0.05, 0.1) is 12.5 Å².